The summed E-state index contributed by atoms with van der Waals surface area (Å²) in [5.74, 6) is -3.33. The molecule has 1 N–H and O–H groups in total. The molecule has 4 atom stereocenters. The Morgan fingerprint density at radius 3 is 2.38 bits per heavy atom. The number of carboxylic acids is 1. The van der Waals surface area contributed by atoms with Crippen molar-refractivity contribution >= 4 is 47.1 Å². The molecule has 0 spiro atoms. The maximum Gasteiger partial charge on any atom is 1.00 e. The second-order valence-corrected chi connectivity index (χ2v) is 11.6. The average molecular weight is 600 g/mol. The molecule has 3 heterocycles. The van der Waals surface area contributed by atoms with Gasteiger partial charge in [-0.15, -0.1) is 11.8 Å². The smallest absolute Gasteiger partial charge is 0.543 e. The Hall–Kier alpha value is -3.12. The fraction of sp³-hybridized carbons (Fsp3) is 0.367. The van der Waals surface area contributed by atoms with Crippen molar-refractivity contribution in [2.45, 2.75) is 51.1 Å². The summed E-state index contributed by atoms with van der Waals surface area (Å²) in [4.78, 5) is 65.0. The number of benzene rings is 2. The largest absolute Gasteiger partial charge is 1.00 e. The number of nitrogens with zero attached hydrogens (tertiary/aromatic N) is 2. The quantitative estimate of drug-likeness (QED) is 0.215. The molecule has 5 rings (SSSR count). The Bertz CT molecular complexity index is 1460. The van der Waals surface area contributed by atoms with Gasteiger partial charge in [0.15, 0.2) is 0 Å². The number of amides is 3. The van der Waals surface area contributed by atoms with Crippen molar-refractivity contribution in [3.05, 3.63) is 76.5 Å². The van der Waals surface area contributed by atoms with Gasteiger partial charge in [0.05, 0.1) is 23.6 Å². The van der Waals surface area contributed by atoms with Gasteiger partial charge in [-0.3, -0.25) is 24.1 Å². The maximum absolute atomic E-state index is 13.3. The molecule has 0 aromatic heterocycles. The van der Waals surface area contributed by atoms with Crippen LogP contribution in [0.4, 0.5) is 5.69 Å². The first-order chi connectivity index (χ1) is 19.6. The number of ether oxygens (including phenoxy) is 1. The van der Waals surface area contributed by atoms with Crippen molar-refractivity contribution in [3.8, 4) is 0 Å². The van der Waals surface area contributed by atoms with Gasteiger partial charge in [-0.1, -0.05) is 36.4 Å². The fourth-order valence-corrected chi connectivity index (χ4v) is 6.86. The van der Waals surface area contributed by atoms with Crippen LogP contribution in [0, 0.1) is 19.8 Å². The predicted molar refractivity (Wildman–Crippen MR) is 149 cm³/mol. The van der Waals surface area contributed by atoms with Gasteiger partial charge >= 0.3 is 35.5 Å². The van der Waals surface area contributed by atoms with E-state index in [1.165, 1.54) is 18.7 Å². The first-order valence-corrected chi connectivity index (χ1v) is 14.4. The Morgan fingerprint density at radius 1 is 1.02 bits per heavy atom. The molecule has 3 amide bonds. The van der Waals surface area contributed by atoms with Crippen LogP contribution in [-0.2, 0) is 28.7 Å². The van der Waals surface area contributed by atoms with Gasteiger partial charge in [-0.25, -0.2) is 0 Å². The SMILES string of the molecule is CC(=O)OCC1=C(C(=O)[O-])N2C(=O)[C@@H](NC(=O)CCC3C(=O)N(c4ccc(C)c(C)c4)C3c3ccccc3)[C@H]2SC1.[Na+]. The molecule has 0 saturated carbocycles. The van der Waals surface area contributed by atoms with E-state index in [9.17, 15) is 29.1 Å². The first-order valence-electron chi connectivity index (χ1n) is 13.3. The molecule has 10 nitrogen and oxygen atoms in total. The molecule has 3 aliphatic rings. The van der Waals surface area contributed by atoms with Crippen LogP contribution in [0.5, 0.6) is 0 Å². The molecule has 2 aromatic carbocycles. The van der Waals surface area contributed by atoms with Gasteiger partial charge in [0.25, 0.3) is 5.91 Å². The Labute approximate surface area is 270 Å². The minimum Gasteiger partial charge on any atom is -0.543 e. The van der Waals surface area contributed by atoms with Crippen molar-refractivity contribution in [2.75, 3.05) is 17.3 Å². The number of aryl methyl sites for hydroxylation is 2. The zero-order valence-corrected chi connectivity index (χ0v) is 26.7. The molecule has 0 radical (unpaired) electrons. The predicted octanol–water partition coefficient (Wildman–Crippen LogP) is -1.24. The van der Waals surface area contributed by atoms with Crippen LogP contribution in [0.1, 0.15) is 42.5 Å². The van der Waals surface area contributed by atoms with Gasteiger partial charge in [-0.2, -0.15) is 0 Å². The summed E-state index contributed by atoms with van der Waals surface area (Å²) in [5, 5.41) is 13.9. The van der Waals surface area contributed by atoms with Crippen LogP contribution in [0.15, 0.2) is 59.8 Å². The van der Waals surface area contributed by atoms with E-state index in [1.807, 2.05) is 62.4 Å². The summed E-state index contributed by atoms with van der Waals surface area (Å²) in [6.07, 6.45) is 0.327. The van der Waals surface area contributed by atoms with Crippen molar-refractivity contribution in [1.29, 1.82) is 0 Å². The van der Waals surface area contributed by atoms with E-state index in [-0.39, 0.29) is 71.6 Å². The number of thioether (sulfide) groups is 1. The average Bonchev–Trinajstić information content (AvgIpc) is 2.94. The molecule has 12 heteroatoms. The summed E-state index contributed by atoms with van der Waals surface area (Å²) in [7, 11) is 0. The molecule has 3 aliphatic heterocycles. The van der Waals surface area contributed by atoms with Crippen LogP contribution in [-0.4, -0.2) is 58.3 Å². The van der Waals surface area contributed by atoms with Crippen LogP contribution in [0.25, 0.3) is 0 Å². The topological polar surface area (TPSA) is 136 Å². The molecule has 2 fully saturated rings. The number of nitrogens with one attached hydrogen (secondary N) is 1. The van der Waals surface area contributed by atoms with Crippen molar-refractivity contribution in [3.63, 3.8) is 0 Å². The summed E-state index contributed by atoms with van der Waals surface area (Å²) in [6.45, 7) is 4.97. The van der Waals surface area contributed by atoms with Gasteiger partial charge in [0, 0.05) is 30.4 Å². The van der Waals surface area contributed by atoms with Gasteiger partial charge < -0.3 is 24.9 Å². The number of carboxylic acid groups (broad SMARTS) is 1. The van der Waals surface area contributed by atoms with E-state index in [4.69, 9.17) is 4.74 Å². The Morgan fingerprint density at radius 2 is 1.74 bits per heavy atom. The summed E-state index contributed by atoms with van der Waals surface area (Å²) >= 11 is 1.28. The van der Waals surface area contributed by atoms with Crippen LogP contribution in [0.2, 0.25) is 0 Å². The second kappa shape index (κ2) is 13.0. The number of anilines is 1. The maximum atomic E-state index is 13.3. The second-order valence-electron chi connectivity index (χ2n) is 10.5. The van der Waals surface area contributed by atoms with E-state index in [0.29, 0.717) is 6.42 Å². The number of esters is 1. The molecule has 214 valence electrons. The number of rotatable bonds is 9. The number of hydrogen-bond donors (Lipinski definition) is 1. The minimum absolute atomic E-state index is 0. The Balaban J connectivity index is 0.00000405. The van der Waals surface area contributed by atoms with Gasteiger partial charge in [-0.05, 0) is 49.1 Å². The first kappa shape index (κ1) is 31.8. The van der Waals surface area contributed by atoms with Crippen LogP contribution in [0.3, 0.4) is 0 Å². The third-order valence-corrected chi connectivity index (χ3v) is 9.15. The molecule has 0 bridgehead atoms. The molecule has 42 heavy (non-hydrogen) atoms. The monoisotopic (exact) mass is 599 g/mol. The number of hydrogen-bond acceptors (Lipinski definition) is 8. The summed E-state index contributed by atoms with van der Waals surface area (Å²) in [6, 6.07) is 14.5. The van der Waals surface area contributed by atoms with E-state index in [2.05, 4.69) is 5.32 Å². The summed E-state index contributed by atoms with van der Waals surface area (Å²) in [5.41, 5.74) is 3.96. The number of fused-ring (bicyclic) bond motifs is 1. The summed E-state index contributed by atoms with van der Waals surface area (Å²) < 4.78 is 4.92. The van der Waals surface area contributed by atoms with Gasteiger partial charge in [0.1, 0.15) is 18.0 Å². The van der Waals surface area contributed by atoms with Crippen molar-refractivity contribution < 1.29 is 63.4 Å². The Kier molecular flexibility index (Phi) is 9.87. The third kappa shape index (κ3) is 6.01. The normalized spacial score (nSPS) is 22.8. The number of β-lactam (4-membered cyclic amide) rings is 2. The minimum atomic E-state index is -1.54. The third-order valence-electron chi connectivity index (χ3n) is 7.81. The molecular weight excluding hydrogens is 569 g/mol. The molecule has 2 unspecified atom stereocenters. The van der Waals surface area contributed by atoms with Crippen LogP contribution < -0.4 is 44.9 Å². The van der Waals surface area contributed by atoms with E-state index in [0.717, 1.165) is 27.3 Å². The number of carbonyl (C=O) groups excluding carboxylic acids is 5. The standard InChI is InChI=1S/C30H31N3O7S.Na/c1-16-9-10-21(13-17(16)2)32-25(19-7-5-4-6-8-19)22(27(32)36)11-12-23(35)31-24-28(37)33-26(30(38)39)20(14-40-18(3)34)15-41-29(24)33;/h4-10,13,22,24-25,29H,11-12,14-15H2,1-3H3,(H,31,35)(H,38,39);/q;+1/p-1/t22?,24-,25?,29-;/m1./s1. The zero-order valence-electron chi connectivity index (χ0n) is 23.9. The van der Waals surface area contributed by atoms with E-state index < -0.39 is 41.1 Å². The van der Waals surface area contributed by atoms with E-state index >= 15 is 0 Å². The molecule has 2 aromatic rings. The molecule has 0 aliphatic carbocycles. The molecule has 2 saturated heterocycles. The van der Waals surface area contributed by atoms with Crippen molar-refractivity contribution in [2.24, 2.45) is 5.92 Å². The fourth-order valence-electron chi connectivity index (χ4n) is 5.53. The van der Waals surface area contributed by atoms with E-state index in [1.54, 1.807) is 4.90 Å². The molecular formula is C30H30N3NaO7S. The van der Waals surface area contributed by atoms with Gasteiger partial charge in [0.2, 0.25) is 11.8 Å². The zero-order chi connectivity index (χ0) is 29.4. The number of carbonyl (C=O) groups is 5. The van der Waals surface area contributed by atoms with Crippen LogP contribution >= 0.6 is 11.8 Å². The number of aliphatic carboxylic acids is 1. The van der Waals surface area contributed by atoms with Crippen molar-refractivity contribution in [1.82, 2.24) is 10.2 Å².